The van der Waals surface area contributed by atoms with Crippen molar-refractivity contribution in [2.45, 2.75) is 25.5 Å². The van der Waals surface area contributed by atoms with E-state index >= 15 is 0 Å². The lowest BCUT2D eigenvalue weighted by molar-refractivity contribution is -0.131. The van der Waals surface area contributed by atoms with Crippen LogP contribution in [0.25, 0.3) is 0 Å². The van der Waals surface area contributed by atoms with Gasteiger partial charge in [0.25, 0.3) is 0 Å². The Morgan fingerprint density at radius 1 is 1.39 bits per heavy atom. The predicted molar refractivity (Wildman–Crippen MR) is 69.9 cm³/mol. The second-order valence-electron chi connectivity index (χ2n) is 4.68. The lowest BCUT2D eigenvalue weighted by Crippen LogP contribution is -2.32. The molecule has 1 aromatic carbocycles. The van der Waals surface area contributed by atoms with Gasteiger partial charge in [0.15, 0.2) is 0 Å². The van der Waals surface area contributed by atoms with Gasteiger partial charge in [0.1, 0.15) is 0 Å². The van der Waals surface area contributed by atoms with Gasteiger partial charge < -0.3 is 15.4 Å². The fourth-order valence-corrected chi connectivity index (χ4v) is 2.10. The molecule has 1 amide bonds. The first-order chi connectivity index (χ1) is 8.75. The number of nitrogens with zero attached hydrogens (tertiary/aromatic N) is 1. The van der Waals surface area contributed by atoms with Crippen LogP contribution in [-0.2, 0) is 16.1 Å². The van der Waals surface area contributed by atoms with Crippen LogP contribution in [0.2, 0.25) is 0 Å². The number of nitrogens with two attached hydrogens (primary N) is 1. The van der Waals surface area contributed by atoms with Crippen molar-refractivity contribution in [3.63, 3.8) is 0 Å². The fraction of sp³-hybridized carbons (Fsp3) is 0.500. The van der Waals surface area contributed by atoms with E-state index in [9.17, 15) is 4.79 Å². The summed E-state index contributed by atoms with van der Waals surface area (Å²) in [4.78, 5) is 13.6. The Morgan fingerprint density at radius 2 is 2.17 bits per heavy atom. The lowest BCUT2D eigenvalue weighted by atomic mass is 10.2. The van der Waals surface area contributed by atoms with Gasteiger partial charge in [-0.15, -0.1) is 0 Å². The summed E-state index contributed by atoms with van der Waals surface area (Å²) in [6, 6.07) is 10.1. The first-order valence-corrected chi connectivity index (χ1v) is 6.41. The van der Waals surface area contributed by atoms with Crippen molar-refractivity contribution in [3.05, 3.63) is 35.9 Å². The van der Waals surface area contributed by atoms with Gasteiger partial charge in [-0.3, -0.25) is 4.79 Å². The Hall–Kier alpha value is -1.39. The van der Waals surface area contributed by atoms with E-state index in [-0.39, 0.29) is 11.9 Å². The molecule has 18 heavy (non-hydrogen) atoms. The van der Waals surface area contributed by atoms with Crippen LogP contribution in [0.3, 0.4) is 0 Å². The normalized spacial score (nSPS) is 19.2. The predicted octanol–water partition coefficient (Wildman–Crippen LogP) is 1.15. The zero-order valence-corrected chi connectivity index (χ0v) is 10.5. The molecule has 0 aromatic heterocycles. The van der Waals surface area contributed by atoms with E-state index in [1.165, 1.54) is 0 Å². The third-order valence-electron chi connectivity index (χ3n) is 3.15. The average molecular weight is 248 g/mol. The van der Waals surface area contributed by atoms with Crippen molar-refractivity contribution in [3.8, 4) is 0 Å². The van der Waals surface area contributed by atoms with Gasteiger partial charge in [-0.2, -0.15) is 0 Å². The van der Waals surface area contributed by atoms with Crippen LogP contribution >= 0.6 is 0 Å². The van der Waals surface area contributed by atoms with Crippen LogP contribution in [0, 0.1) is 0 Å². The SMILES string of the molecule is N[C@@H]1CCN(C(=O)CCOCc2ccccc2)C1. The van der Waals surface area contributed by atoms with Gasteiger partial charge >= 0.3 is 0 Å². The zero-order valence-electron chi connectivity index (χ0n) is 10.5. The van der Waals surface area contributed by atoms with Crippen molar-refractivity contribution < 1.29 is 9.53 Å². The Morgan fingerprint density at radius 3 is 2.83 bits per heavy atom. The van der Waals surface area contributed by atoms with Crippen LogP contribution in [0.4, 0.5) is 0 Å². The number of carbonyl (C=O) groups excluding carboxylic acids is 1. The van der Waals surface area contributed by atoms with E-state index < -0.39 is 0 Å². The largest absolute Gasteiger partial charge is 0.376 e. The molecule has 0 saturated carbocycles. The molecule has 1 atom stereocenters. The second kappa shape index (κ2) is 6.52. The third-order valence-corrected chi connectivity index (χ3v) is 3.15. The van der Waals surface area contributed by atoms with E-state index in [1.807, 2.05) is 35.2 Å². The first kappa shape index (κ1) is 13.1. The molecule has 1 saturated heterocycles. The quantitative estimate of drug-likeness (QED) is 0.795. The fourth-order valence-electron chi connectivity index (χ4n) is 2.10. The van der Waals surface area contributed by atoms with Gasteiger partial charge in [-0.1, -0.05) is 30.3 Å². The highest BCUT2D eigenvalue weighted by Crippen LogP contribution is 2.08. The van der Waals surface area contributed by atoms with Crippen molar-refractivity contribution in [2.24, 2.45) is 5.73 Å². The van der Waals surface area contributed by atoms with Gasteiger partial charge in [-0.05, 0) is 12.0 Å². The standard InChI is InChI=1S/C14H20N2O2/c15-13-6-8-16(10-13)14(17)7-9-18-11-12-4-2-1-3-5-12/h1-5,13H,6-11,15H2/t13-/m1/s1. The first-order valence-electron chi connectivity index (χ1n) is 6.41. The van der Waals surface area contributed by atoms with Gasteiger partial charge in [0.2, 0.25) is 5.91 Å². The molecule has 1 aliphatic rings. The molecule has 4 heteroatoms. The van der Waals surface area contributed by atoms with Crippen LogP contribution in [0.5, 0.6) is 0 Å². The molecule has 1 heterocycles. The number of carbonyl (C=O) groups is 1. The molecule has 1 aromatic rings. The van der Waals surface area contributed by atoms with Crippen molar-refractivity contribution in [1.82, 2.24) is 4.90 Å². The van der Waals surface area contributed by atoms with Gasteiger partial charge in [-0.25, -0.2) is 0 Å². The minimum absolute atomic E-state index is 0.149. The lowest BCUT2D eigenvalue weighted by Gasteiger charge is -2.15. The molecule has 2 N–H and O–H groups in total. The molecule has 4 nitrogen and oxygen atoms in total. The van der Waals surface area contributed by atoms with E-state index in [0.717, 1.165) is 18.5 Å². The van der Waals surface area contributed by atoms with E-state index in [2.05, 4.69) is 0 Å². The highest BCUT2D eigenvalue weighted by molar-refractivity contribution is 5.76. The molecular weight excluding hydrogens is 228 g/mol. The Balaban J connectivity index is 1.62. The Kier molecular flexibility index (Phi) is 4.73. The van der Waals surface area contributed by atoms with Crippen LogP contribution in [-0.4, -0.2) is 36.5 Å². The molecule has 1 aliphatic heterocycles. The maximum Gasteiger partial charge on any atom is 0.224 e. The zero-order chi connectivity index (χ0) is 12.8. The summed E-state index contributed by atoms with van der Waals surface area (Å²) in [7, 11) is 0. The average Bonchev–Trinajstić information content (AvgIpc) is 2.82. The van der Waals surface area contributed by atoms with Crippen LogP contribution in [0.15, 0.2) is 30.3 Å². The molecule has 98 valence electrons. The highest BCUT2D eigenvalue weighted by atomic mass is 16.5. The third kappa shape index (κ3) is 3.82. The summed E-state index contributed by atoms with van der Waals surface area (Å²) in [5.74, 6) is 0.149. The molecule has 1 fully saturated rings. The van der Waals surface area contributed by atoms with Crippen LogP contribution < -0.4 is 5.73 Å². The maximum atomic E-state index is 11.8. The molecule has 0 unspecified atom stereocenters. The van der Waals surface area contributed by atoms with E-state index in [4.69, 9.17) is 10.5 Å². The van der Waals surface area contributed by atoms with Crippen molar-refractivity contribution in [1.29, 1.82) is 0 Å². The molecule has 0 spiro atoms. The number of benzene rings is 1. The summed E-state index contributed by atoms with van der Waals surface area (Å²) in [6.07, 6.45) is 1.36. The number of hydrogen-bond donors (Lipinski definition) is 1. The second-order valence-corrected chi connectivity index (χ2v) is 4.68. The summed E-state index contributed by atoms with van der Waals surface area (Å²) >= 11 is 0. The summed E-state index contributed by atoms with van der Waals surface area (Å²) < 4.78 is 5.50. The molecule has 0 aliphatic carbocycles. The smallest absolute Gasteiger partial charge is 0.224 e. The topological polar surface area (TPSA) is 55.6 Å². The monoisotopic (exact) mass is 248 g/mol. The van der Waals surface area contributed by atoms with E-state index in [0.29, 0.717) is 26.2 Å². The van der Waals surface area contributed by atoms with Crippen molar-refractivity contribution in [2.75, 3.05) is 19.7 Å². The maximum absolute atomic E-state index is 11.8. The van der Waals surface area contributed by atoms with Gasteiger partial charge in [0, 0.05) is 19.1 Å². The minimum Gasteiger partial charge on any atom is -0.376 e. The van der Waals surface area contributed by atoms with Crippen LogP contribution in [0.1, 0.15) is 18.4 Å². The van der Waals surface area contributed by atoms with Crippen molar-refractivity contribution >= 4 is 5.91 Å². The number of likely N-dealkylation sites (tertiary alicyclic amines) is 1. The highest BCUT2D eigenvalue weighted by Gasteiger charge is 2.22. The molecule has 0 bridgehead atoms. The summed E-state index contributed by atoms with van der Waals surface area (Å²) in [6.45, 7) is 2.52. The Bertz CT molecular complexity index is 381. The summed E-state index contributed by atoms with van der Waals surface area (Å²) in [5.41, 5.74) is 6.90. The Labute approximate surface area is 108 Å². The number of amides is 1. The van der Waals surface area contributed by atoms with E-state index in [1.54, 1.807) is 0 Å². The number of hydrogen-bond acceptors (Lipinski definition) is 3. The number of rotatable bonds is 5. The molecule has 0 radical (unpaired) electrons. The molecular formula is C14H20N2O2. The molecule has 2 rings (SSSR count). The number of ether oxygens (including phenoxy) is 1. The minimum atomic E-state index is 0.149. The summed E-state index contributed by atoms with van der Waals surface area (Å²) in [5, 5.41) is 0. The van der Waals surface area contributed by atoms with Gasteiger partial charge in [0.05, 0.1) is 19.6 Å².